The highest BCUT2D eigenvalue weighted by atomic mass is 35.5. The van der Waals surface area contributed by atoms with E-state index < -0.39 is 0 Å². The lowest BCUT2D eigenvalue weighted by molar-refractivity contribution is 0.300. The smallest absolute Gasteiger partial charge is 0.124 e. The Labute approximate surface area is 132 Å². The molecule has 0 aliphatic carbocycles. The van der Waals surface area contributed by atoms with Crippen LogP contribution in [0, 0.1) is 6.92 Å². The van der Waals surface area contributed by atoms with Crippen LogP contribution >= 0.6 is 11.6 Å². The fourth-order valence-electron chi connectivity index (χ4n) is 2.34. The van der Waals surface area contributed by atoms with E-state index in [1.807, 2.05) is 30.3 Å². The first-order chi connectivity index (χ1) is 10.1. The van der Waals surface area contributed by atoms with E-state index in [-0.39, 0.29) is 6.04 Å². The largest absolute Gasteiger partial charge is 0.489 e. The average molecular weight is 304 g/mol. The van der Waals surface area contributed by atoms with Crippen molar-refractivity contribution in [2.45, 2.75) is 33.4 Å². The third-order valence-electron chi connectivity index (χ3n) is 3.43. The van der Waals surface area contributed by atoms with Gasteiger partial charge in [-0.15, -0.1) is 0 Å². The van der Waals surface area contributed by atoms with Crippen molar-refractivity contribution in [2.75, 3.05) is 6.54 Å². The number of benzene rings is 2. The molecule has 0 aromatic heterocycles. The standard InChI is InChI=1S/C18H22ClNO/c1-4-20-14(3)17-10-13(2)8-9-18(17)21-12-15-6-5-7-16(19)11-15/h5-11,14,20H,4,12H2,1-3H3. The summed E-state index contributed by atoms with van der Waals surface area (Å²) in [5.74, 6) is 0.925. The molecule has 1 atom stereocenters. The molecule has 2 aromatic rings. The topological polar surface area (TPSA) is 21.3 Å². The van der Waals surface area contributed by atoms with Crippen LogP contribution in [0.4, 0.5) is 0 Å². The zero-order chi connectivity index (χ0) is 15.2. The molecule has 3 heteroatoms. The first kappa shape index (κ1) is 15.9. The minimum Gasteiger partial charge on any atom is -0.489 e. The van der Waals surface area contributed by atoms with Crippen molar-refractivity contribution >= 4 is 11.6 Å². The molecule has 1 unspecified atom stereocenters. The molecule has 0 aliphatic heterocycles. The SMILES string of the molecule is CCNC(C)c1cc(C)ccc1OCc1cccc(Cl)c1. The van der Waals surface area contributed by atoms with E-state index in [2.05, 4.69) is 38.2 Å². The Bertz CT molecular complexity index is 598. The molecule has 0 heterocycles. The Morgan fingerprint density at radius 1 is 1.19 bits per heavy atom. The van der Waals surface area contributed by atoms with Gasteiger partial charge in [-0.1, -0.05) is 48.4 Å². The van der Waals surface area contributed by atoms with Gasteiger partial charge in [0.2, 0.25) is 0 Å². The van der Waals surface area contributed by atoms with E-state index in [1.165, 1.54) is 11.1 Å². The fraction of sp³-hybridized carbons (Fsp3) is 0.333. The Morgan fingerprint density at radius 3 is 2.71 bits per heavy atom. The Kier molecular flexibility index (Phi) is 5.66. The van der Waals surface area contributed by atoms with Gasteiger partial charge >= 0.3 is 0 Å². The molecule has 21 heavy (non-hydrogen) atoms. The summed E-state index contributed by atoms with van der Waals surface area (Å²) >= 11 is 6.00. The number of ether oxygens (including phenoxy) is 1. The highest BCUT2D eigenvalue weighted by Gasteiger charge is 2.11. The molecule has 0 aliphatic rings. The molecule has 0 saturated carbocycles. The molecule has 2 nitrogen and oxygen atoms in total. The first-order valence-corrected chi connectivity index (χ1v) is 7.69. The Hall–Kier alpha value is -1.51. The van der Waals surface area contributed by atoms with Crippen LogP contribution in [0.5, 0.6) is 5.75 Å². The highest BCUT2D eigenvalue weighted by Crippen LogP contribution is 2.27. The minimum absolute atomic E-state index is 0.268. The zero-order valence-electron chi connectivity index (χ0n) is 12.8. The Morgan fingerprint density at radius 2 is 2.00 bits per heavy atom. The molecule has 0 bridgehead atoms. The second kappa shape index (κ2) is 7.48. The van der Waals surface area contributed by atoms with Crippen LogP contribution in [0.1, 0.15) is 36.6 Å². The van der Waals surface area contributed by atoms with Crippen LogP contribution in [-0.2, 0) is 6.61 Å². The molecule has 0 fully saturated rings. The summed E-state index contributed by atoms with van der Waals surface area (Å²) in [6, 6.07) is 14.3. The van der Waals surface area contributed by atoms with Crippen molar-refractivity contribution in [1.29, 1.82) is 0 Å². The van der Waals surface area contributed by atoms with Crippen LogP contribution in [0.25, 0.3) is 0 Å². The summed E-state index contributed by atoms with van der Waals surface area (Å²) in [7, 11) is 0. The van der Waals surface area contributed by atoms with Crippen LogP contribution in [0.15, 0.2) is 42.5 Å². The van der Waals surface area contributed by atoms with Gasteiger partial charge in [0.25, 0.3) is 0 Å². The molecule has 2 rings (SSSR count). The monoisotopic (exact) mass is 303 g/mol. The fourth-order valence-corrected chi connectivity index (χ4v) is 2.55. The number of hydrogen-bond donors (Lipinski definition) is 1. The lowest BCUT2D eigenvalue weighted by atomic mass is 10.0. The van der Waals surface area contributed by atoms with E-state index >= 15 is 0 Å². The van der Waals surface area contributed by atoms with Gasteiger partial charge in [-0.3, -0.25) is 0 Å². The van der Waals surface area contributed by atoms with Gasteiger partial charge in [0.05, 0.1) is 0 Å². The third-order valence-corrected chi connectivity index (χ3v) is 3.66. The van der Waals surface area contributed by atoms with Crippen molar-refractivity contribution in [3.63, 3.8) is 0 Å². The molecular weight excluding hydrogens is 282 g/mol. The van der Waals surface area contributed by atoms with Crippen molar-refractivity contribution in [3.05, 3.63) is 64.2 Å². The van der Waals surface area contributed by atoms with Crippen molar-refractivity contribution in [3.8, 4) is 5.75 Å². The second-order valence-electron chi connectivity index (χ2n) is 5.24. The number of hydrogen-bond acceptors (Lipinski definition) is 2. The molecular formula is C18H22ClNO. The van der Waals surface area contributed by atoms with Gasteiger partial charge in [-0.25, -0.2) is 0 Å². The number of aryl methyl sites for hydroxylation is 1. The normalized spacial score (nSPS) is 12.2. The summed E-state index contributed by atoms with van der Waals surface area (Å²) in [5, 5.41) is 4.17. The maximum Gasteiger partial charge on any atom is 0.124 e. The molecule has 0 saturated heterocycles. The predicted molar refractivity (Wildman–Crippen MR) is 89.1 cm³/mol. The molecule has 2 aromatic carbocycles. The van der Waals surface area contributed by atoms with E-state index in [0.29, 0.717) is 6.61 Å². The van der Waals surface area contributed by atoms with E-state index in [0.717, 1.165) is 22.9 Å². The number of nitrogens with one attached hydrogen (secondary N) is 1. The third kappa shape index (κ3) is 4.48. The summed E-state index contributed by atoms with van der Waals surface area (Å²) in [6.45, 7) is 7.82. The van der Waals surface area contributed by atoms with Crippen LogP contribution < -0.4 is 10.1 Å². The highest BCUT2D eigenvalue weighted by molar-refractivity contribution is 6.30. The minimum atomic E-state index is 0.268. The molecule has 112 valence electrons. The molecule has 0 radical (unpaired) electrons. The van der Waals surface area contributed by atoms with Crippen molar-refractivity contribution in [1.82, 2.24) is 5.32 Å². The summed E-state index contributed by atoms with van der Waals surface area (Å²) in [5.41, 5.74) is 3.51. The first-order valence-electron chi connectivity index (χ1n) is 7.31. The number of halogens is 1. The molecule has 0 amide bonds. The van der Waals surface area contributed by atoms with Crippen molar-refractivity contribution in [2.24, 2.45) is 0 Å². The lowest BCUT2D eigenvalue weighted by Crippen LogP contribution is -2.18. The summed E-state index contributed by atoms with van der Waals surface area (Å²) in [6.07, 6.45) is 0. The van der Waals surface area contributed by atoms with Gasteiger partial charge in [0.1, 0.15) is 12.4 Å². The van der Waals surface area contributed by atoms with Crippen LogP contribution in [0.3, 0.4) is 0 Å². The molecule has 0 spiro atoms. The van der Waals surface area contributed by atoms with Crippen LogP contribution in [-0.4, -0.2) is 6.54 Å². The van der Waals surface area contributed by atoms with E-state index in [1.54, 1.807) is 0 Å². The lowest BCUT2D eigenvalue weighted by Gasteiger charge is -2.18. The van der Waals surface area contributed by atoms with Gasteiger partial charge in [-0.05, 0) is 44.2 Å². The summed E-state index contributed by atoms with van der Waals surface area (Å²) < 4.78 is 6.00. The van der Waals surface area contributed by atoms with Gasteiger partial charge < -0.3 is 10.1 Å². The van der Waals surface area contributed by atoms with Gasteiger partial charge in [0.15, 0.2) is 0 Å². The van der Waals surface area contributed by atoms with Gasteiger partial charge in [0, 0.05) is 16.6 Å². The zero-order valence-corrected chi connectivity index (χ0v) is 13.6. The van der Waals surface area contributed by atoms with E-state index in [4.69, 9.17) is 16.3 Å². The van der Waals surface area contributed by atoms with Gasteiger partial charge in [-0.2, -0.15) is 0 Å². The quantitative estimate of drug-likeness (QED) is 0.819. The second-order valence-corrected chi connectivity index (χ2v) is 5.68. The number of rotatable bonds is 6. The van der Waals surface area contributed by atoms with Crippen LogP contribution in [0.2, 0.25) is 5.02 Å². The predicted octanol–water partition coefficient (Wildman–Crippen LogP) is 4.90. The average Bonchev–Trinajstić information content (AvgIpc) is 2.46. The summed E-state index contributed by atoms with van der Waals surface area (Å²) in [4.78, 5) is 0. The Balaban J connectivity index is 2.15. The van der Waals surface area contributed by atoms with E-state index in [9.17, 15) is 0 Å². The maximum absolute atomic E-state index is 6.00. The van der Waals surface area contributed by atoms with Crippen molar-refractivity contribution < 1.29 is 4.74 Å². The molecule has 1 N–H and O–H groups in total. The maximum atomic E-state index is 6.00.